The molecule has 2 rings (SSSR count). The van der Waals surface area contributed by atoms with Gasteiger partial charge < -0.3 is 0 Å². The van der Waals surface area contributed by atoms with Gasteiger partial charge in [0.25, 0.3) is 0 Å². The molecule has 1 nitrogen and oxygen atoms in total. The van der Waals surface area contributed by atoms with E-state index in [0.29, 0.717) is 0 Å². The van der Waals surface area contributed by atoms with Gasteiger partial charge in [0.15, 0.2) is 0 Å². The maximum absolute atomic E-state index is 13.2. The standard InChI is InChI=1S/C11H12FN/c1-2-13-11-7-6-8-9(11)4-3-5-10(8)12/h3-5H,2,6-7H2,1H3. The molecule has 0 aromatic heterocycles. The Labute approximate surface area is 77.3 Å². The summed E-state index contributed by atoms with van der Waals surface area (Å²) in [5.41, 5.74) is 2.92. The monoisotopic (exact) mass is 177 g/mol. The molecule has 0 saturated heterocycles. The van der Waals surface area contributed by atoms with Crippen molar-refractivity contribution in [3.63, 3.8) is 0 Å². The van der Waals surface area contributed by atoms with Gasteiger partial charge in [-0.2, -0.15) is 0 Å². The van der Waals surface area contributed by atoms with Crippen LogP contribution in [0.3, 0.4) is 0 Å². The molecular formula is C11H12FN. The van der Waals surface area contributed by atoms with E-state index in [-0.39, 0.29) is 5.82 Å². The minimum absolute atomic E-state index is 0.0844. The van der Waals surface area contributed by atoms with Crippen molar-refractivity contribution >= 4 is 5.71 Å². The van der Waals surface area contributed by atoms with Crippen molar-refractivity contribution < 1.29 is 4.39 Å². The van der Waals surface area contributed by atoms with Crippen molar-refractivity contribution in [2.45, 2.75) is 19.8 Å². The predicted octanol–water partition coefficient (Wildman–Crippen LogP) is 2.58. The lowest BCUT2D eigenvalue weighted by molar-refractivity contribution is 0.613. The number of benzene rings is 1. The van der Waals surface area contributed by atoms with Gasteiger partial charge in [0, 0.05) is 17.8 Å². The predicted molar refractivity (Wildman–Crippen MR) is 51.8 cm³/mol. The van der Waals surface area contributed by atoms with Crippen LogP contribution >= 0.6 is 0 Å². The van der Waals surface area contributed by atoms with Crippen molar-refractivity contribution in [3.05, 3.63) is 35.1 Å². The van der Waals surface area contributed by atoms with Crippen LogP contribution in [0.2, 0.25) is 0 Å². The summed E-state index contributed by atoms with van der Waals surface area (Å²) in [4.78, 5) is 4.36. The van der Waals surface area contributed by atoms with Crippen LogP contribution in [0.15, 0.2) is 23.2 Å². The zero-order valence-electron chi connectivity index (χ0n) is 7.68. The van der Waals surface area contributed by atoms with Gasteiger partial charge in [-0.1, -0.05) is 12.1 Å². The van der Waals surface area contributed by atoms with E-state index in [1.54, 1.807) is 6.07 Å². The molecule has 1 aromatic rings. The number of fused-ring (bicyclic) bond motifs is 1. The molecule has 1 aliphatic rings. The molecule has 68 valence electrons. The lowest BCUT2D eigenvalue weighted by atomic mass is 10.1. The summed E-state index contributed by atoms with van der Waals surface area (Å²) in [5, 5.41) is 0. The second-order valence-electron chi connectivity index (χ2n) is 3.19. The Morgan fingerprint density at radius 2 is 2.23 bits per heavy atom. The first-order valence-corrected chi connectivity index (χ1v) is 4.64. The minimum Gasteiger partial charge on any atom is -0.289 e. The molecule has 0 unspecified atom stereocenters. The SMILES string of the molecule is CCN=C1CCc2c(F)cccc21. The fourth-order valence-corrected chi connectivity index (χ4v) is 1.82. The van der Waals surface area contributed by atoms with Gasteiger partial charge in [-0.25, -0.2) is 4.39 Å². The lowest BCUT2D eigenvalue weighted by Crippen LogP contribution is -1.95. The highest BCUT2D eigenvalue weighted by Crippen LogP contribution is 2.24. The van der Waals surface area contributed by atoms with Crippen molar-refractivity contribution in [2.75, 3.05) is 6.54 Å². The van der Waals surface area contributed by atoms with E-state index in [9.17, 15) is 4.39 Å². The van der Waals surface area contributed by atoms with E-state index < -0.39 is 0 Å². The Bertz CT molecular complexity index is 355. The Morgan fingerprint density at radius 3 is 3.00 bits per heavy atom. The average Bonchev–Trinajstić information content (AvgIpc) is 2.51. The van der Waals surface area contributed by atoms with Gasteiger partial charge in [-0.3, -0.25) is 4.99 Å². The molecule has 2 heteroatoms. The second-order valence-corrected chi connectivity index (χ2v) is 3.19. The number of hydrogen-bond acceptors (Lipinski definition) is 1. The largest absolute Gasteiger partial charge is 0.289 e. The number of aliphatic imine (C=N–C) groups is 1. The molecule has 1 aliphatic carbocycles. The van der Waals surface area contributed by atoms with Crippen LogP contribution in [0.4, 0.5) is 4.39 Å². The van der Waals surface area contributed by atoms with Gasteiger partial charge in [-0.15, -0.1) is 0 Å². The maximum atomic E-state index is 13.2. The normalized spacial score (nSPS) is 17.8. The topological polar surface area (TPSA) is 12.4 Å². The van der Waals surface area contributed by atoms with Crippen molar-refractivity contribution in [1.29, 1.82) is 0 Å². The second kappa shape index (κ2) is 3.29. The summed E-state index contributed by atoms with van der Waals surface area (Å²) in [6.45, 7) is 2.79. The van der Waals surface area contributed by atoms with Crippen LogP contribution in [0, 0.1) is 5.82 Å². The van der Waals surface area contributed by atoms with E-state index in [0.717, 1.165) is 36.2 Å². The summed E-state index contributed by atoms with van der Waals surface area (Å²) in [6, 6.07) is 5.23. The van der Waals surface area contributed by atoms with E-state index in [1.165, 1.54) is 6.07 Å². The fraction of sp³-hybridized carbons (Fsp3) is 0.364. The zero-order chi connectivity index (χ0) is 9.26. The molecule has 0 fully saturated rings. The summed E-state index contributed by atoms with van der Waals surface area (Å²) in [7, 11) is 0. The van der Waals surface area contributed by atoms with Crippen LogP contribution < -0.4 is 0 Å². The van der Waals surface area contributed by atoms with E-state index in [4.69, 9.17) is 0 Å². The summed E-state index contributed by atoms with van der Waals surface area (Å²) in [6.07, 6.45) is 1.70. The molecule has 0 saturated carbocycles. The first-order chi connectivity index (χ1) is 6.33. The molecule has 0 spiro atoms. The highest BCUT2D eigenvalue weighted by Gasteiger charge is 2.19. The van der Waals surface area contributed by atoms with Crippen LogP contribution in [0.25, 0.3) is 0 Å². The third kappa shape index (κ3) is 1.37. The maximum Gasteiger partial charge on any atom is 0.127 e. The Balaban J connectivity index is 2.49. The molecule has 0 atom stereocenters. The van der Waals surface area contributed by atoms with E-state index in [1.807, 2.05) is 13.0 Å². The number of hydrogen-bond donors (Lipinski definition) is 0. The summed E-state index contributed by atoms with van der Waals surface area (Å²) >= 11 is 0. The lowest BCUT2D eigenvalue weighted by Gasteiger charge is -1.99. The molecule has 0 aliphatic heterocycles. The zero-order valence-corrected chi connectivity index (χ0v) is 7.68. The first kappa shape index (κ1) is 8.42. The van der Waals surface area contributed by atoms with Crippen molar-refractivity contribution in [2.24, 2.45) is 4.99 Å². The van der Waals surface area contributed by atoms with Crippen LogP contribution in [-0.2, 0) is 6.42 Å². The molecule has 13 heavy (non-hydrogen) atoms. The molecule has 1 aromatic carbocycles. The van der Waals surface area contributed by atoms with E-state index in [2.05, 4.69) is 4.99 Å². The Hall–Kier alpha value is -1.18. The van der Waals surface area contributed by atoms with Crippen molar-refractivity contribution in [1.82, 2.24) is 0 Å². The van der Waals surface area contributed by atoms with Gasteiger partial charge in [0.2, 0.25) is 0 Å². The molecule has 0 amide bonds. The van der Waals surface area contributed by atoms with Crippen LogP contribution in [0.5, 0.6) is 0 Å². The summed E-state index contributed by atoms with van der Waals surface area (Å²) < 4.78 is 13.2. The average molecular weight is 177 g/mol. The number of nitrogens with zero attached hydrogens (tertiary/aromatic N) is 1. The Kier molecular flexibility index (Phi) is 2.13. The third-order valence-electron chi connectivity index (χ3n) is 2.39. The minimum atomic E-state index is -0.0844. The highest BCUT2D eigenvalue weighted by molar-refractivity contribution is 6.04. The highest BCUT2D eigenvalue weighted by atomic mass is 19.1. The number of halogens is 1. The molecular weight excluding hydrogens is 165 g/mol. The molecule has 0 radical (unpaired) electrons. The van der Waals surface area contributed by atoms with Gasteiger partial charge in [0.05, 0.1) is 0 Å². The van der Waals surface area contributed by atoms with E-state index >= 15 is 0 Å². The molecule has 0 N–H and O–H groups in total. The number of rotatable bonds is 1. The van der Waals surface area contributed by atoms with Crippen LogP contribution in [0.1, 0.15) is 24.5 Å². The third-order valence-corrected chi connectivity index (χ3v) is 2.39. The summed E-state index contributed by atoms with van der Waals surface area (Å²) in [5.74, 6) is -0.0844. The van der Waals surface area contributed by atoms with Crippen LogP contribution in [-0.4, -0.2) is 12.3 Å². The first-order valence-electron chi connectivity index (χ1n) is 4.64. The van der Waals surface area contributed by atoms with Crippen molar-refractivity contribution in [3.8, 4) is 0 Å². The Morgan fingerprint density at radius 1 is 1.38 bits per heavy atom. The van der Waals surface area contributed by atoms with Gasteiger partial charge in [0.1, 0.15) is 5.82 Å². The molecule has 0 bridgehead atoms. The van der Waals surface area contributed by atoms with Gasteiger partial charge in [-0.05, 0) is 31.4 Å². The van der Waals surface area contributed by atoms with Gasteiger partial charge >= 0.3 is 0 Å². The quantitative estimate of drug-likeness (QED) is 0.625. The smallest absolute Gasteiger partial charge is 0.127 e. The fourth-order valence-electron chi connectivity index (χ4n) is 1.82. The molecule has 0 heterocycles.